The van der Waals surface area contributed by atoms with E-state index in [1.807, 2.05) is 6.07 Å². The maximum absolute atomic E-state index is 14.2. The van der Waals surface area contributed by atoms with Crippen LogP contribution in [0.15, 0.2) is 49.1 Å². The van der Waals surface area contributed by atoms with Gasteiger partial charge in [-0.3, -0.25) is 9.36 Å². The zero-order valence-corrected chi connectivity index (χ0v) is 33.0. The normalized spacial score (nSPS) is 21.6. The molecule has 2 aliphatic rings. The fourth-order valence-corrected chi connectivity index (χ4v) is 6.77. The SMILES string of the molecule is CC(C)(O)[C@H](F)CNC(=O)c1cnc(-n2ccc3cc(C#N)cnc32)cc1NC1CCCC(F)(F)C1O.CCOC(=O)c1cnc(Cl)cc1N[C@H]1CCCC(F)(F)[C@@H]1O. The number of esters is 1. The lowest BCUT2D eigenvalue weighted by Crippen LogP contribution is -2.50. The van der Waals surface area contributed by atoms with E-state index in [0.29, 0.717) is 28.8 Å². The monoisotopic (exact) mass is 850 g/mol. The van der Waals surface area contributed by atoms with Crippen molar-refractivity contribution in [2.24, 2.45) is 0 Å². The number of carbonyl (C=O) groups excluding carboxylic acids is 2. The van der Waals surface area contributed by atoms with Crippen LogP contribution in [0.25, 0.3) is 16.9 Å². The number of fused-ring (bicyclic) bond motifs is 1. The smallest absolute Gasteiger partial charge is 0.341 e. The summed E-state index contributed by atoms with van der Waals surface area (Å²) < 4.78 is 76.3. The Morgan fingerprint density at radius 3 is 2.15 bits per heavy atom. The van der Waals surface area contributed by atoms with Crippen LogP contribution < -0.4 is 16.0 Å². The van der Waals surface area contributed by atoms with Gasteiger partial charge in [0, 0.05) is 49.1 Å². The zero-order chi connectivity index (χ0) is 43.3. The van der Waals surface area contributed by atoms with Gasteiger partial charge in [0.25, 0.3) is 17.8 Å². The van der Waals surface area contributed by atoms with Gasteiger partial charge in [0.15, 0.2) is 0 Å². The van der Waals surface area contributed by atoms with Crippen LogP contribution in [0.3, 0.4) is 0 Å². The van der Waals surface area contributed by atoms with Crippen molar-refractivity contribution in [3.05, 3.63) is 70.9 Å². The molecule has 4 aromatic heterocycles. The number of hydrogen-bond acceptors (Lipinski definition) is 12. The molecular formula is C39H44ClF5N8O6. The van der Waals surface area contributed by atoms with E-state index < -0.39 is 72.8 Å². The Morgan fingerprint density at radius 1 is 0.983 bits per heavy atom. The average molecular weight is 851 g/mol. The molecule has 2 aliphatic carbocycles. The van der Waals surface area contributed by atoms with Crippen LogP contribution in [0.4, 0.5) is 33.3 Å². The van der Waals surface area contributed by atoms with Gasteiger partial charge < -0.3 is 36.0 Å². The maximum atomic E-state index is 14.2. The lowest BCUT2D eigenvalue weighted by Gasteiger charge is -2.35. The molecule has 14 nitrogen and oxygen atoms in total. The van der Waals surface area contributed by atoms with Crippen LogP contribution >= 0.6 is 11.6 Å². The van der Waals surface area contributed by atoms with E-state index >= 15 is 0 Å². The van der Waals surface area contributed by atoms with Crippen molar-refractivity contribution in [3.8, 4) is 11.9 Å². The number of rotatable bonds is 11. The minimum Gasteiger partial charge on any atom is -0.462 e. The van der Waals surface area contributed by atoms with E-state index in [1.54, 1.807) is 29.8 Å². The second kappa shape index (κ2) is 18.4. The van der Waals surface area contributed by atoms with Gasteiger partial charge in [-0.05, 0) is 64.7 Å². The van der Waals surface area contributed by atoms with Gasteiger partial charge in [-0.2, -0.15) is 5.26 Å². The van der Waals surface area contributed by atoms with Crippen molar-refractivity contribution < 1.29 is 51.6 Å². The van der Waals surface area contributed by atoms with Crippen LogP contribution in [0.5, 0.6) is 0 Å². The molecule has 20 heteroatoms. The third-order valence-corrected chi connectivity index (χ3v) is 10.2. The summed E-state index contributed by atoms with van der Waals surface area (Å²) in [4.78, 5) is 37.2. The second-order valence-electron chi connectivity index (χ2n) is 14.8. The Hall–Kier alpha value is -5.16. The molecule has 0 bridgehead atoms. The summed E-state index contributed by atoms with van der Waals surface area (Å²) in [5.41, 5.74) is -0.460. The first kappa shape index (κ1) is 44.9. The van der Waals surface area contributed by atoms with Crippen LogP contribution in [0, 0.1) is 11.3 Å². The number of amides is 1. The Bertz CT molecular complexity index is 2180. The molecule has 0 aromatic carbocycles. The zero-order valence-electron chi connectivity index (χ0n) is 32.2. The Labute approximate surface area is 340 Å². The molecule has 6 rings (SSSR count). The predicted molar refractivity (Wildman–Crippen MR) is 207 cm³/mol. The summed E-state index contributed by atoms with van der Waals surface area (Å²) in [6.07, 6.45) is 0.181. The molecule has 2 fully saturated rings. The molecule has 6 N–H and O–H groups in total. The lowest BCUT2D eigenvalue weighted by molar-refractivity contribution is -0.135. The highest BCUT2D eigenvalue weighted by Crippen LogP contribution is 2.37. The van der Waals surface area contributed by atoms with Crippen LogP contribution in [-0.4, -0.2) is 108 Å². The molecule has 318 valence electrons. The number of aliphatic hydroxyl groups is 3. The molecule has 0 saturated heterocycles. The minimum atomic E-state index is -3.29. The number of nitrogens with zero attached hydrogens (tertiary/aromatic N) is 5. The molecule has 2 saturated carbocycles. The third-order valence-electron chi connectivity index (χ3n) is 9.97. The summed E-state index contributed by atoms with van der Waals surface area (Å²) in [6, 6.07) is 6.27. The van der Waals surface area contributed by atoms with Gasteiger partial charge in [0.1, 0.15) is 46.6 Å². The highest BCUT2D eigenvalue weighted by atomic mass is 35.5. The summed E-state index contributed by atoms with van der Waals surface area (Å²) in [6.45, 7) is 3.88. The van der Waals surface area contributed by atoms with Crippen LogP contribution in [-0.2, 0) is 4.74 Å². The molecule has 0 spiro atoms. The number of anilines is 2. The molecule has 4 aromatic rings. The number of hydrogen-bond donors (Lipinski definition) is 6. The predicted octanol–water partition coefficient (Wildman–Crippen LogP) is 5.96. The number of halogens is 6. The molecule has 0 aliphatic heterocycles. The average Bonchev–Trinajstić information content (AvgIpc) is 3.60. The van der Waals surface area contributed by atoms with Gasteiger partial charge >= 0.3 is 5.97 Å². The molecule has 0 radical (unpaired) electrons. The topological polar surface area (TPSA) is 208 Å². The first-order valence-corrected chi connectivity index (χ1v) is 19.1. The Kier molecular flexibility index (Phi) is 14.0. The number of aromatic nitrogens is 4. The third kappa shape index (κ3) is 10.7. The number of carbonyl (C=O) groups is 2. The van der Waals surface area contributed by atoms with Crippen molar-refractivity contribution >= 4 is 45.9 Å². The quantitative estimate of drug-likeness (QED) is 0.0587. The van der Waals surface area contributed by atoms with Gasteiger partial charge in [-0.25, -0.2) is 41.7 Å². The van der Waals surface area contributed by atoms with Crippen LogP contribution in [0.1, 0.15) is 85.6 Å². The van der Waals surface area contributed by atoms with E-state index in [1.165, 1.54) is 44.6 Å². The van der Waals surface area contributed by atoms with E-state index in [2.05, 4.69) is 30.9 Å². The fourth-order valence-electron chi connectivity index (χ4n) is 6.61. The van der Waals surface area contributed by atoms with Crippen LogP contribution in [0.2, 0.25) is 5.15 Å². The number of ether oxygens (including phenoxy) is 1. The highest BCUT2D eigenvalue weighted by molar-refractivity contribution is 6.29. The standard InChI is InChI=1S/C25H27F3N6O3.C14H17ClF2N2O3/c1-24(2,37)19(26)13-32-23(36)16-12-30-20(34-7-5-15-8-14(10-29)11-31-22(15)34)9-18(16)33-17-4-3-6-25(27,28)21(17)35;1-2-22-13(21)8-7-18-11(15)6-10(8)19-9-4-3-5-14(16,17)12(9)20/h5,7-9,11-12,17,19,21,35,37H,3-4,6,13H2,1-2H3,(H,30,33)(H,32,36);6-7,9,12,20H,2-5H2,1H3,(H,18,19)/t17?,19-,21?;9-,12+/m10/s1. The molecule has 59 heavy (non-hydrogen) atoms. The number of nitriles is 1. The minimum absolute atomic E-state index is 0.0519. The van der Waals surface area contributed by atoms with E-state index in [0.717, 1.165) is 0 Å². The van der Waals surface area contributed by atoms with Crippen molar-refractivity contribution in [2.45, 2.75) is 107 Å². The van der Waals surface area contributed by atoms with Gasteiger partial charge in [-0.1, -0.05) is 11.6 Å². The van der Waals surface area contributed by atoms with Crippen molar-refractivity contribution in [1.29, 1.82) is 5.26 Å². The summed E-state index contributed by atoms with van der Waals surface area (Å²) >= 11 is 5.79. The van der Waals surface area contributed by atoms with Crippen molar-refractivity contribution in [3.63, 3.8) is 0 Å². The Morgan fingerprint density at radius 2 is 1.58 bits per heavy atom. The first-order chi connectivity index (χ1) is 27.7. The molecule has 1 amide bonds. The lowest BCUT2D eigenvalue weighted by atomic mass is 9.89. The first-order valence-electron chi connectivity index (χ1n) is 18.8. The van der Waals surface area contributed by atoms with E-state index in [4.69, 9.17) is 21.6 Å². The van der Waals surface area contributed by atoms with E-state index in [9.17, 15) is 46.9 Å². The Balaban J connectivity index is 0.000000256. The summed E-state index contributed by atoms with van der Waals surface area (Å²) in [7, 11) is 0. The number of nitrogens with one attached hydrogen (secondary N) is 3. The van der Waals surface area contributed by atoms with E-state index in [-0.39, 0.29) is 59.9 Å². The highest BCUT2D eigenvalue weighted by Gasteiger charge is 2.47. The molecular weight excluding hydrogens is 807 g/mol. The van der Waals surface area contributed by atoms with Crippen molar-refractivity contribution in [2.75, 3.05) is 23.8 Å². The fraction of sp³-hybridized carbons (Fsp3) is 0.487. The van der Waals surface area contributed by atoms with Gasteiger partial charge in [-0.15, -0.1) is 0 Å². The number of alkyl halides is 5. The van der Waals surface area contributed by atoms with Crippen molar-refractivity contribution in [1.82, 2.24) is 24.8 Å². The summed E-state index contributed by atoms with van der Waals surface area (Å²) in [5.74, 6) is -7.52. The number of pyridine rings is 3. The molecule has 4 heterocycles. The molecule has 2 unspecified atom stereocenters. The van der Waals surface area contributed by atoms with Gasteiger partial charge in [0.2, 0.25) is 0 Å². The maximum Gasteiger partial charge on any atom is 0.341 e. The van der Waals surface area contributed by atoms with Gasteiger partial charge in [0.05, 0.1) is 53.3 Å². The number of aliphatic hydroxyl groups excluding tert-OH is 2. The summed E-state index contributed by atoms with van der Waals surface area (Å²) in [5, 5.41) is 47.8. The second-order valence-corrected chi connectivity index (χ2v) is 15.2. The largest absolute Gasteiger partial charge is 0.462 e. The molecule has 5 atom stereocenters.